The topological polar surface area (TPSA) is 102 Å². The van der Waals surface area contributed by atoms with Gasteiger partial charge in [-0.25, -0.2) is 4.68 Å². The number of benzene rings is 1. The zero-order valence-corrected chi connectivity index (χ0v) is 16.6. The van der Waals surface area contributed by atoms with Crippen molar-refractivity contribution in [2.24, 2.45) is 10.1 Å². The van der Waals surface area contributed by atoms with Gasteiger partial charge < -0.3 is 20.6 Å². The summed E-state index contributed by atoms with van der Waals surface area (Å²) in [6.07, 6.45) is 3.56. The molecule has 2 aromatic rings. The van der Waals surface area contributed by atoms with Crippen molar-refractivity contribution in [3.8, 4) is 17.2 Å². The number of piperidine rings is 1. The Bertz CT molecular complexity index is 879. The second-order valence-corrected chi connectivity index (χ2v) is 8.56. The third kappa shape index (κ3) is 4.51. The maximum absolute atomic E-state index is 9.69. The standard InChI is InChI=1S/C19H26N4O3S/c1-19(2,3)16-11-27-18(22-13-4-6-20-7-5-13)23(16)21-10-12-8-14(24)17(26)15(25)9-12/h8-11,13,20,24-26H,4-7H2,1-3H3/b21-10+,22-18-. The zero-order valence-electron chi connectivity index (χ0n) is 15.8. The predicted octanol–water partition coefficient (Wildman–Crippen LogP) is 2.50. The van der Waals surface area contributed by atoms with Crippen LogP contribution in [-0.2, 0) is 5.41 Å². The summed E-state index contributed by atoms with van der Waals surface area (Å²) >= 11 is 1.56. The number of aromatic hydroxyl groups is 3. The number of aromatic nitrogens is 1. The Balaban J connectivity index is 2.02. The minimum Gasteiger partial charge on any atom is -0.504 e. The fourth-order valence-corrected chi connectivity index (χ4v) is 4.04. The molecular weight excluding hydrogens is 364 g/mol. The molecule has 1 fully saturated rings. The van der Waals surface area contributed by atoms with Gasteiger partial charge in [0, 0.05) is 16.4 Å². The molecule has 1 aromatic carbocycles. The van der Waals surface area contributed by atoms with Gasteiger partial charge in [-0.3, -0.25) is 4.99 Å². The summed E-state index contributed by atoms with van der Waals surface area (Å²) in [5, 5.41) is 38.9. The molecule has 4 N–H and O–H groups in total. The highest BCUT2D eigenvalue weighted by Gasteiger charge is 2.21. The second kappa shape index (κ2) is 7.74. The molecule has 1 aliphatic heterocycles. The van der Waals surface area contributed by atoms with Gasteiger partial charge in [0.05, 0.1) is 18.0 Å². The average molecular weight is 391 g/mol. The van der Waals surface area contributed by atoms with Crippen LogP contribution in [0.4, 0.5) is 0 Å². The van der Waals surface area contributed by atoms with Gasteiger partial charge in [0.25, 0.3) is 0 Å². The van der Waals surface area contributed by atoms with Crippen molar-refractivity contribution in [2.45, 2.75) is 45.1 Å². The average Bonchev–Trinajstić information content (AvgIpc) is 3.01. The van der Waals surface area contributed by atoms with Crippen molar-refractivity contribution in [1.29, 1.82) is 0 Å². The number of phenolic OH excluding ortho intramolecular Hbond substituents is 3. The Morgan fingerprint density at radius 2 is 1.78 bits per heavy atom. The molecule has 0 atom stereocenters. The van der Waals surface area contributed by atoms with Crippen LogP contribution in [0.3, 0.4) is 0 Å². The smallest absolute Gasteiger partial charge is 0.206 e. The highest BCUT2D eigenvalue weighted by molar-refractivity contribution is 7.07. The molecule has 0 spiro atoms. The van der Waals surface area contributed by atoms with E-state index in [1.54, 1.807) is 17.6 Å². The van der Waals surface area contributed by atoms with Crippen molar-refractivity contribution in [3.05, 3.63) is 33.6 Å². The molecule has 146 valence electrons. The number of phenols is 3. The molecule has 0 aliphatic carbocycles. The first-order chi connectivity index (χ1) is 12.8. The number of nitrogens with zero attached hydrogens (tertiary/aromatic N) is 3. The second-order valence-electron chi connectivity index (χ2n) is 7.73. The van der Waals surface area contributed by atoms with E-state index in [-0.39, 0.29) is 23.0 Å². The van der Waals surface area contributed by atoms with Crippen molar-refractivity contribution in [3.63, 3.8) is 0 Å². The molecule has 3 rings (SSSR count). The molecule has 0 saturated carbocycles. The van der Waals surface area contributed by atoms with E-state index in [1.807, 2.05) is 4.68 Å². The van der Waals surface area contributed by atoms with Crippen LogP contribution in [0.2, 0.25) is 0 Å². The summed E-state index contributed by atoms with van der Waals surface area (Å²) in [4.78, 5) is 5.73. The van der Waals surface area contributed by atoms with Crippen LogP contribution in [0.5, 0.6) is 17.2 Å². The molecule has 8 heteroatoms. The Morgan fingerprint density at radius 1 is 1.15 bits per heavy atom. The number of hydrogen-bond donors (Lipinski definition) is 4. The summed E-state index contributed by atoms with van der Waals surface area (Å²) in [7, 11) is 0. The van der Waals surface area contributed by atoms with Crippen LogP contribution >= 0.6 is 11.3 Å². The van der Waals surface area contributed by atoms with Crippen LogP contribution in [0.25, 0.3) is 0 Å². The number of thiazole rings is 1. The Morgan fingerprint density at radius 3 is 2.37 bits per heavy atom. The van der Waals surface area contributed by atoms with Gasteiger partial charge in [0.2, 0.25) is 4.80 Å². The molecule has 0 unspecified atom stereocenters. The SMILES string of the molecule is CC(C)(C)c1cs/c(=N\C2CCNCC2)n1/N=C/c1cc(O)c(O)c(O)c1. The van der Waals surface area contributed by atoms with Gasteiger partial charge in [0.1, 0.15) is 0 Å². The minimum absolute atomic E-state index is 0.116. The lowest BCUT2D eigenvalue weighted by atomic mass is 9.93. The van der Waals surface area contributed by atoms with Crippen LogP contribution in [0.15, 0.2) is 27.6 Å². The molecule has 0 bridgehead atoms. The van der Waals surface area contributed by atoms with E-state index in [4.69, 9.17) is 4.99 Å². The molecule has 7 nitrogen and oxygen atoms in total. The lowest BCUT2D eigenvalue weighted by Crippen LogP contribution is -2.32. The first-order valence-corrected chi connectivity index (χ1v) is 9.88. The minimum atomic E-state index is -0.535. The number of hydrogen-bond acceptors (Lipinski definition) is 7. The van der Waals surface area contributed by atoms with Gasteiger partial charge in [-0.05, 0) is 38.1 Å². The van der Waals surface area contributed by atoms with E-state index in [0.29, 0.717) is 5.56 Å². The fraction of sp³-hybridized carbons (Fsp3) is 0.474. The first kappa shape index (κ1) is 19.4. The summed E-state index contributed by atoms with van der Waals surface area (Å²) in [5.41, 5.74) is 1.40. The summed E-state index contributed by atoms with van der Waals surface area (Å²) < 4.78 is 1.83. The van der Waals surface area contributed by atoms with Crippen molar-refractivity contribution < 1.29 is 15.3 Å². The van der Waals surface area contributed by atoms with E-state index >= 15 is 0 Å². The largest absolute Gasteiger partial charge is 0.504 e. The van der Waals surface area contributed by atoms with Gasteiger partial charge in [0.15, 0.2) is 17.2 Å². The van der Waals surface area contributed by atoms with Crippen molar-refractivity contribution >= 4 is 17.6 Å². The maximum atomic E-state index is 9.69. The Hall–Kier alpha value is -2.32. The molecule has 0 amide bonds. The molecular formula is C19H26N4O3S. The predicted molar refractivity (Wildman–Crippen MR) is 107 cm³/mol. The van der Waals surface area contributed by atoms with E-state index < -0.39 is 5.75 Å². The van der Waals surface area contributed by atoms with Crippen LogP contribution in [0, 0.1) is 0 Å². The molecule has 1 saturated heterocycles. The highest BCUT2D eigenvalue weighted by atomic mass is 32.1. The van der Waals surface area contributed by atoms with Gasteiger partial charge in [-0.1, -0.05) is 20.8 Å². The molecule has 0 radical (unpaired) electrons. The first-order valence-electron chi connectivity index (χ1n) is 9.00. The maximum Gasteiger partial charge on any atom is 0.206 e. The van der Waals surface area contributed by atoms with Crippen LogP contribution < -0.4 is 10.1 Å². The van der Waals surface area contributed by atoms with Crippen LogP contribution in [0.1, 0.15) is 44.9 Å². The zero-order chi connectivity index (χ0) is 19.6. The molecule has 27 heavy (non-hydrogen) atoms. The van der Waals surface area contributed by atoms with Crippen molar-refractivity contribution in [1.82, 2.24) is 9.99 Å². The molecule has 1 aliphatic rings. The Kier molecular flexibility index (Phi) is 5.57. The number of rotatable bonds is 3. The summed E-state index contributed by atoms with van der Waals surface area (Å²) in [5.74, 6) is -1.31. The van der Waals surface area contributed by atoms with Gasteiger partial charge >= 0.3 is 0 Å². The quantitative estimate of drug-likeness (QED) is 0.478. The lowest BCUT2D eigenvalue weighted by molar-refractivity contribution is 0.368. The Labute approximate surface area is 162 Å². The van der Waals surface area contributed by atoms with Crippen LogP contribution in [-0.4, -0.2) is 45.3 Å². The lowest BCUT2D eigenvalue weighted by Gasteiger charge is -2.20. The highest BCUT2D eigenvalue weighted by Crippen LogP contribution is 2.34. The van der Waals surface area contributed by atoms with Gasteiger partial charge in [-0.15, -0.1) is 11.3 Å². The van der Waals surface area contributed by atoms with E-state index in [2.05, 4.69) is 36.6 Å². The van der Waals surface area contributed by atoms with E-state index in [9.17, 15) is 15.3 Å². The van der Waals surface area contributed by atoms with Crippen molar-refractivity contribution in [2.75, 3.05) is 13.1 Å². The third-order valence-corrected chi connectivity index (χ3v) is 5.30. The monoisotopic (exact) mass is 390 g/mol. The third-order valence-electron chi connectivity index (χ3n) is 4.47. The summed E-state index contributed by atoms with van der Waals surface area (Å²) in [6.45, 7) is 8.30. The molecule has 1 aromatic heterocycles. The fourth-order valence-electron chi connectivity index (χ4n) is 2.92. The van der Waals surface area contributed by atoms with E-state index in [0.717, 1.165) is 36.4 Å². The summed E-state index contributed by atoms with van der Waals surface area (Å²) in [6, 6.07) is 2.98. The molecule has 2 heterocycles. The normalized spacial score (nSPS) is 17.1. The van der Waals surface area contributed by atoms with E-state index in [1.165, 1.54) is 12.1 Å². The van der Waals surface area contributed by atoms with Gasteiger partial charge in [-0.2, -0.15) is 5.10 Å². The number of nitrogens with one attached hydrogen (secondary N) is 1.